The largest absolute Gasteiger partial charge is 0.508 e. The molecule has 3 aromatic rings. The number of aromatic hydroxyl groups is 1. The number of phenolic OH excluding ortho intramolecular Hbond substituents is 1. The van der Waals surface area contributed by atoms with E-state index in [1.54, 1.807) is 6.07 Å². The maximum absolute atomic E-state index is 9.57. The van der Waals surface area contributed by atoms with Gasteiger partial charge >= 0.3 is 0 Å². The van der Waals surface area contributed by atoms with Crippen LogP contribution >= 0.6 is 11.6 Å². The second-order valence-corrected chi connectivity index (χ2v) is 5.46. The van der Waals surface area contributed by atoms with E-state index in [9.17, 15) is 5.11 Å². The first-order chi connectivity index (χ1) is 9.20. The van der Waals surface area contributed by atoms with Crippen molar-refractivity contribution in [2.75, 3.05) is 0 Å². The molecule has 0 saturated carbocycles. The molecule has 0 atom stereocenters. The van der Waals surface area contributed by atoms with Crippen molar-refractivity contribution in [1.82, 2.24) is 0 Å². The predicted octanol–water partition coefficient (Wildman–Crippen LogP) is 4.77. The first-order valence-corrected chi connectivity index (χ1v) is 6.63. The third-order valence-corrected chi connectivity index (χ3v) is 4.02. The zero-order chi connectivity index (χ0) is 13.0. The predicted molar refractivity (Wildman–Crippen MR) is 78.9 cm³/mol. The van der Waals surface area contributed by atoms with Gasteiger partial charge in [0.2, 0.25) is 0 Å². The summed E-state index contributed by atoms with van der Waals surface area (Å²) in [6.45, 7) is 0. The summed E-state index contributed by atoms with van der Waals surface area (Å²) in [5.74, 6) is 0.311. The number of rotatable bonds is 0. The van der Waals surface area contributed by atoms with Crippen LogP contribution in [0.2, 0.25) is 5.02 Å². The minimum atomic E-state index is 0.311. The Bertz CT molecular complexity index is 821. The van der Waals surface area contributed by atoms with Gasteiger partial charge in [0.1, 0.15) is 5.75 Å². The molecule has 2 heteroatoms. The highest BCUT2D eigenvalue weighted by molar-refractivity contribution is 6.30. The number of hydrogen-bond acceptors (Lipinski definition) is 1. The minimum Gasteiger partial charge on any atom is -0.508 e. The van der Waals surface area contributed by atoms with Gasteiger partial charge in [-0.2, -0.15) is 0 Å². The Labute approximate surface area is 116 Å². The molecule has 19 heavy (non-hydrogen) atoms. The van der Waals surface area contributed by atoms with Gasteiger partial charge in [-0.15, -0.1) is 0 Å². The van der Waals surface area contributed by atoms with E-state index in [0.29, 0.717) is 5.75 Å². The summed E-state index contributed by atoms with van der Waals surface area (Å²) in [6.07, 6.45) is 0.914. The van der Waals surface area contributed by atoms with Gasteiger partial charge in [-0.05, 0) is 69.8 Å². The van der Waals surface area contributed by atoms with Crippen molar-refractivity contribution in [1.29, 1.82) is 0 Å². The van der Waals surface area contributed by atoms with Gasteiger partial charge < -0.3 is 5.11 Å². The van der Waals surface area contributed by atoms with E-state index in [1.165, 1.54) is 22.3 Å². The van der Waals surface area contributed by atoms with Crippen molar-refractivity contribution >= 4 is 22.4 Å². The van der Waals surface area contributed by atoms with Gasteiger partial charge in [0.15, 0.2) is 0 Å². The molecule has 0 spiro atoms. The normalized spacial score (nSPS) is 12.5. The molecule has 1 aliphatic carbocycles. The average molecular weight is 267 g/mol. The lowest BCUT2D eigenvalue weighted by Gasteiger charge is -2.05. The molecule has 1 aliphatic rings. The van der Waals surface area contributed by atoms with E-state index in [4.69, 9.17) is 11.6 Å². The van der Waals surface area contributed by atoms with E-state index in [1.807, 2.05) is 24.3 Å². The zero-order valence-electron chi connectivity index (χ0n) is 10.2. The van der Waals surface area contributed by atoms with Crippen LogP contribution in [0, 0.1) is 0 Å². The molecular formula is C17H11ClO. The average Bonchev–Trinajstić information content (AvgIpc) is 2.72. The maximum atomic E-state index is 9.57. The molecular weight excluding hydrogens is 256 g/mol. The number of benzene rings is 3. The second-order valence-electron chi connectivity index (χ2n) is 5.02. The molecule has 3 aromatic carbocycles. The molecule has 0 unspecified atom stereocenters. The van der Waals surface area contributed by atoms with Crippen LogP contribution in [0.5, 0.6) is 5.75 Å². The lowest BCUT2D eigenvalue weighted by molar-refractivity contribution is 0.476. The van der Waals surface area contributed by atoms with Crippen molar-refractivity contribution in [2.45, 2.75) is 6.42 Å². The molecule has 0 heterocycles. The second kappa shape index (κ2) is 3.75. The Morgan fingerprint density at radius 2 is 1.63 bits per heavy atom. The zero-order valence-corrected chi connectivity index (χ0v) is 10.9. The van der Waals surface area contributed by atoms with Gasteiger partial charge in [0.25, 0.3) is 0 Å². The highest BCUT2D eigenvalue weighted by Gasteiger charge is 2.19. The van der Waals surface area contributed by atoms with E-state index in [0.717, 1.165) is 22.2 Å². The van der Waals surface area contributed by atoms with E-state index in [2.05, 4.69) is 18.2 Å². The highest BCUT2D eigenvalue weighted by Crippen LogP contribution is 2.40. The first kappa shape index (κ1) is 10.9. The van der Waals surface area contributed by atoms with Crippen LogP contribution in [0.1, 0.15) is 11.1 Å². The standard InChI is InChI=1S/C17H11ClO/c18-14-2-4-16-13(7-14)6-12-5-11-8-15(19)3-1-10(11)9-17(12)16/h1-5,7-9,19H,6H2. The van der Waals surface area contributed by atoms with Crippen LogP contribution in [-0.4, -0.2) is 5.11 Å². The number of halogens is 1. The molecule has 0 amide bonds. The quantitative estimate of drug-likeness (QED) is 0.486. The molecule has 0 saturated heterocycles. The smallest absolute Gasteiger partial charge is 0.116 e. The molecule has 0 fully saturated rings. The summed E-state index contributed by atoms with van der Waals surface area (Å²) in [7, 11) is 0. The topological polar surface area (TPSA) is 20.2 Å². The van der Waals surface area contributed by atoms with Crippen LogP contribution in [0.4, 0.5) is 0 Å². The number of phenols is 1. The lowest BCUT2D eigenvalue weighted by atomic mass is 10.0. The van der Waals surface area contributed by atoms with Crippen LogP contribution in [0.25, 0.3) is 21.9 Å². The molecule has 0 aliphatic heterocycles. The van der Waals surface area contributed by atoms with Gasteiger partial charge in [0, 0.05) is 5.02 Å². The molecule has 0 aromatic heterocycles. The van der Waals surface area contributed by atoms with Crippen molar-refractivity contribution in [2.24, 2.45) is 0 Å². The van der Waals surface area contributed by atoms with E-state index >= 15 is 0 Å². The van der Waals surface area contributed by atoms with Crippen LogP contribution in [0.15, 0.2) is 48.5 Å². The summed E-state index contributed by atoms with van der Waals surface area (Å²) in [5, 5.41) is 12.6. The van der Waals surface area contributed by atoms with Crippen molar-refractivity contribution in [3.05, 3.63) is 64.7 Å². The van der Waals surface area contributed by atoms with Gasteiger partial charge in [-0.1, -0.05) is 29.8 Å². The third kappa shape index (κ3) is 1.62. The lowest BCUT2D eigenvalue weighted by Crippen LogP contribution is -1.81. The Balaban J connectivity index is 2.00. The van der Waals surface area contributed by atoms with Crippen molar-refractivity contribution < 1.29 is 5.11 Å². The van der Waals surface area contributed by atoms with Gasteiger partial charge in [-0.25, -0.2) is 0 Å². The summed E-state index contributed by atoms with van der Waals surface area (Å²) in [4.78, 5) is 0. The Morgan fingerprint density at radius 3 is 2.53 bits per heavy atom. The molecule has 92 valence electrons. The summed E-state index contributed by atoms with van der Waals surface area (Å²) in [5.41, 5.74) is 5.14. The fraction of sp³-hybridized carbons (Fsp3) is 0.0588. The van der Waals surface area contributed by atoms with E-state index in [-0.39, 0.29) is 0 Å². The van der Waals surface area contributed by atoms with Crippen LogP contribution in [0.3, 0.4) is 0 Å². The van der Waals surface area contributed by atoms with Gasteiger partial charge in [-0.3, -0.25) is 0 Å². The SMILES string of the molecule is Oc1ccc2cc3c(cc2c1)Cc1cc(Cl)ccc1-3. The Kier molecular flexibility index (Phi) is 2.15. The molecule has 1 N–H and O–H groups in total. The molecule has 0 radical (unpaired) electrons. The number of fused-ring (bicyclic) bond motifs is 4. The third-order valence-electron chi connectivity index (χ3n) is 3.78. The first-order valence-electron chi connectivity index (χ1n) is 6.25. The van der Waals surface area contributed by atoms with Crippen LogP contribution in [-0.2, 0) is 6.42 Å². The fourth-order valence-corrected chi connectivity index (χ4v) is 3.10. The van der Waals surface area contributed by atoms with Gasteiger partial charge in [0.05, 0.1) is 0 Å². The monoisotopic (exact) mass is 266 g/mol. The van der Waals surface area contributed by atoms with Crippen molar-refractivity contribution in [3.63, 3.8) is 0 Å². The van der Waals surface area contributed by atoms with Crippen molar-refractivity contribution in [3.8, 4) is 16.9 Å². The summed E-state index contributed by atoms with van der Waals surface area (Å²) < 4.78 is 0. The number of hydrogen-bond donors (Lipinski definition) is 1. The minimum absolute atomic E-state index is 0.311. The maximum Gasteiger partial charge on any atom is 0.116 e. The molecule has 4 rings (SSSR count). The highest BCUT2D eigenvalue weighted by atomic mass is 35.5. The molecule has 0 bridgehead atoms. The Morgan fingerprint density at radius 1 is 0.789 bits per heavy atom. The van der Waals surface area contributed by atoms with E-state index < -0.39 is 0 Å². The fourth-order valence-electron chi connectivity index (χ4n) is 2.91. The Hall–Kier alpha value is -1.99. The van der Waals surface area contributed by atoms with Crippen LogP contribution < -0.4 is 0 Å². The summed E-state index contributed by atoms with van der Waals surface area (Å²) >= 11 is 6.06. The summed E-state index contributed by atoms with van der Waals surface area (Å²) in [6, 6.07) is 15.9. The molecule has 1 nitrogen and oxygen atoms in total.